The van der Waals surface area contributed by atoms with Crippen LogP contribution in [0.15, 0.2) is 52.9 Å². The molecule has 0 unspecified atom stereocenters. The van der Waals surface area contributed by atoms with Gasteiger partial charge in [-0.3, -0.25) is 19.7 Å². The number of non-ortho nitro benzene ring substituents is 1. The zero-order valence-corrected chi connectivity index (χ0v) is 15.6. The predicted molar refractivity (Wildman–Crippen MR) is 104 cm³/mol. The van der Waals surface area contributed by atoms with Crippen molar-refractivity contribution in [3.8, 4) is 0 Å². The Kier molecular flexibility index (Phi) is 4.87. The molecule has 0 bridgehead atoms. The van der Waals surface area contributed by atoms with E-state index in [0.717, 1.165) is 0 Å². The van der Waals surface area contributed by atoms with Crippen molar-refractivity contribution in [2.24, 2.45) is 0 Å². The maximum atomic E-state index is 12.7. The minimum Gasteiger partial charge on any atom is -0.449 e. The van der Waals surface area contributed by atoms with Gasteiger partial charge in [0.05, 0.1) is 4.92 Å². The molecule has 0 saturated carbocycles. The summed E-state index contributed by atoms with van der Waals surface area (Å²) in [7, 11) is 0. The molecule has 0 aliphatic rings. The summed E-state index contributed by atoms with van der Waals surface area (Å²) in [4.78, 5) is 35.5. The summed E-state index contributed by atoms with van der Waals surface area (Å²) in [6, 6.07) is 12.2. The van der Waals surface area contributed by atoms with E-state index in [0.29, 0.717) is 11.0 Å². The molecule has 0 aliphatic heterocycles. The second-order valence-electron chi connectivity index (χ2n) is 7.26. The van der Waals surface area contributed by atoms with Crippen LogP contribution in [0.25, 0.3) is 11.0 Å². The molecule has 28 heavy (non-hydrogen) atoms. The van der Waals surface area contributed by atoms with Crippen molar-refractivity contribution in [2.75, 3.05) is 5.32 Å². The van der Waals surface area contributed by atoms with Crippen LogP contribution in [-0.2, 0) is 0 Å². The summed E-state index contributed by atoms with van der Waals surface area (Å²) in [5.74, 6) is -0.972. The lowest BCUT2D eigenvalue weighted by atomic mass is 10.1. The van der Waals surface area contributed by atoms with Crippen molar-refractivity contribution in [3.05, 3.63) is 70.0 Å². The number of nitrogens with one attached hydrogen (secondary N) is 2. The number of nitrogens with zero attached hydrogens (tertiary/aromatic N) is 1. The lowest BCUT2D eigenvalue weighted by Crippen LogP contribution is -2.40. The van der Waals surface area contributed by atoms with Gasteiger partial charge < -0.3 is 15.1 Å². The lowest BCUT2D eigenvalue weighted by molar-refractivity contribution is -0.384. The van der Waals surface area contributed by atoms with E-state index < -0.39 is 22.3 Å². The molecule has 0 fully saturated rings. The summed E-state index contributed by atoms with van der Waals surface area (Å²) in [5.41, 5.74) is 0.324. The van der Waals surface area contributed by atoms with Crippen molar-refractivity contribution >= 4 is 34.2 Å². The topological polar surface area (TPSA) is 114 Å². The third-order valence-electron chi connectivity index (χ3n) is 3.87. The summed E-state index contributed by atoms with van der Waals surface area (Å²) < 4.78 is 5.68. The van der Waals surface area contributed by atoms with Crippen LogP contribution in [0, 0.1) is 10.1 Å². The van der Waals surface area contributed by atoms with Crippen molar-refractivity contribution in [3.63, 3.8) is 0 Å². The first-order chi connectivity index (χ1) is 13.2. The van der Waals surface area contributed by atoms with E-state index in [9.17, 15) is 19.7 Å². The third kappa shape index (κ3) is 4.01. The molecule has 2 amide bonds. The molecule has 0 atom stereocenters. The molecule has 0 radical (unpaired) electrons. The summed E-state index contributed by atoms with van der Waals surface area (Å²) in [6.07, 6.45) is 0. The van der Waals surface area contributed by atoms with Gasteiger partial charge in [-0.15, -0.1) is 0 Å². The Morgan fingerprint density at radius 3 is 2.25 bits per heavy atom. The zero-order valence-electron chi connectivity index (χ0n) is 15.6. The highest BCUT2D eigenvalue weighted by Crippen LogP contribution is 2.31. The standard InChI is InChI=1S/C20H19N3O5/c1-20(2,3)22-19(25)17-16(14-6-4-5-7-15(14)28-17)21-18(24)12-8-10-13(11-9-12)23(26)27/h4-11H,1-3H3,(H,21,24)(H,22,25). The highest BCUT2D eigenvalue weighted by molar-refractivity contribution is 6.14. The largest absolute Gasteiger partial charge is 0.449 e. The lowest BCUT2D eigenvalue weighted by Gasteiger charge is -2.20. The Bertz CT molecular complexity index is 1060. The van der Waals surface area contributed by atoms with Gasteiger partial charge in [0.15, 0.2) is 0 Å². The molecule has 0 saturated heterocycles. The molecule has 8 heteroatoms. The SMILES string of the molecule is CC(C)(C)NC(=O)c1oc2ccccc2c1NC(=O)c1ccc([N+](=O)[O-])cc1. The Balaban J connectivity index is 1.97. The number of nitro benzene ring substituents is 1. The Hall–Kier alpha value is -3.68. The molecule has 2 N–H and O–H groups in total. The number of anilines is 1. The van der Waals surface area contributed by atoms with Crippen LogP contribution in [0.4, 0.5) is 11.4 Å². The van der Waals surface area contributed by atoms with Gasteiger partial charge in [0.1, 0.15) is 11.3 Å². The number of rotatable bonds is 4. The molecule has 0 aliphatic carbocycles. The molecule has 1 heterocycles. The third-order valence-corrected chi connectivity index (χ3v) is 3.87. The van der Waals surface area contributed by atoms with Gasteiger partial charge in [0, 0.05) is 28.6 Å². The molecule has 0 spiro atoms. The van der Waals surface area contributed by atoms with Crippen LogP contribution in [-0.4, -0.2) is 22.3 Å². The second kappa shape index (κ2) is 7.15. The number of benzene rings is 2. The number of fused-ring (bicyclic) bond motifs is 1. The monoisotopic (exact) mass is 381 g/mol. The van der Waals surface area contributed by atoms with Crippen LogP contribution < -0.4 is 10.6 Å². The fourth-order valence-electron chi connectivity index (χ4n) is 2.65. The first-order valence-corrected chi connectivity index (χ1v) is 8.55. The number of hydrogen-bond donors (Lipinski definition) is 2. The van der Waals surface area contributed by atoms with Crippen LogP contribution in [0.5, 0.6) is 0 Å². The smallest absolute Gasteiger partial charge is 0.289 e. The Morgan fingerprint density at radius 1 is 1.00 bits per heavy atom. The highest BCUT2D eigenvalue weighted by Gasteiger charge is 2.25. The van der Waals surface area contributed by atoms with E-state index in [-0.39, 0.29) is 22.7 Å². The van der Waals surface area contributed by atoms with Crippen molar-refractivity contribution in [1.29, 1.82) is 0 Å². The quantitative estimate of drug-likeness (QED) is 0.521. The molecular weight excluding hydrogens is 362 g/mol. The van der Waals surface area contributed by atoms with Crippen LogP contribution in [0.2, 0.25) is 0 Å². The maximum absolute atomic E-state index is 12.7. The van der Waals surface area contributed by atoms with E-state index in [1.165, 1.54) is 24.3 Å². The number of nitro groups is 1. The van der Waals surface area contributed by atoms with E-state index in [1.54, 1.807) is 24.3 Å². The Labute approximate surface area is 160 Å². The zero-order chi connectivity index (χ0) is 20.5. The van der Waals surface area contributed by atoms with Crippen LogP contribution >= 0.6 is 0 Å². The van der Waals surface area contributed by atoms with Gasteiger partial charge in [-0.2, -0.15) is 0 Å². The number of amides is 2. The summed E-state index contributed by atoms with van der Waals surface area (Å²) in [6.45, 7) is 5.51. The van der Waals surface area contributed by atoms with Crippen molar-refractivity contribution < 1.29 is 18.9 Å². The number of carbonyl (C=O) groups is 2. The van der Waals surface area contributed by atoms with E-state index in [1.807, 2.05) is 20.8 Å². The minimum absolute atomic E-state index is 0.00798. The first-order valence-electron chi connectivity index (χ1n) is 8.55. The van der Waals surface area contributed by atoms with Crippen molar-refractivity contribution in [1.82, 2.24) is 5.32 Å². The summed E-state index contributed by atoms with van der Waals surface area (Å²) >= 11 is 0. The van der Waals surface area contributed by atoms with Gasteiger partial charge in [-0.1, -0.05) is 12.1 Å². The molecule has 2 aromatic carbocycles. The van der Waals surface area contributed by atoms with Gasteiger partial charge in [0.2, 0.25) is 5.76 Å². The molecule has 8 nitrogen and oxygen atoms in total. The number of furan rings is 1. The summed E-state index contributed by atoms with van der Waals surface area (Å²) in [5, 5.41) is 16.9. The maximum Gasteiger partial charge on any atom is 0.289 e. The highest BCUT2D eigenvalue weighted by atomic mass is 16.6. The molecule has 1 aromatic heterocycles. The van der Waals surface area contributed by atoms with Gasteiger partial charge in [0.25, 0.3) is 17.5 Å². The van der Waals surface area contributed by atoms with E-state index in [4.69, 9.17) is 4.42 Å². The van der Waals surface area contributed by atoms with E-state index >= 15 is 0 Å². The van der Waals surface area contributed by atoms with Gasteiger partial charge in [-0.05, 0) is 45.0 Å². The fourth-order valence-corrected chi connectivity index (χ4v) is 2.65. The van der Waals surface area contributed by atoms with Crippen LogP contribution in [0.1, 0.15) is 41.7 Å². The normalized spacial score (nSPS) is 11.2. The second-order valence-corrected chi connectivity index (χ2v) is 7.26. The van der Waals surface area contributed by atoms with Gasteiger partial charge >= 0.3 is 0 Å². The molecule has 3 rings (SSSR count). The molecule has 144 valence electrons. The number of carbonyl (C=O) groups excluding carboxylic acids is 2. The number of hydrogen-bond acceptors (Lipinski definition) is 5. The predicted octanol–water partition coefficient (Wildman–Crippen LogP) is 4.12. The first kappa shape index (κ1) is 19.1. The Morgan fingerprint density at radius 2 is 1.64 bits per heavy atom. The van der Waals surface area contributed by atoms with Gasteiger partial charge in [-0.25, -0.2) is 0 Å². The molecule has 3 aromatic rings. The number of para-hydroxylation sites is 1. The molecular formula is C20H19N3O5. The average Bonchev–Trinajstić information content (AvgIpc) is 2.99. The van der Waals surface area contributed by atoms with Crippen LogP contribution in [0.3, 0.4) is 0 Å². The van der Waals surface area contributed by atoms with E-state index in [2.05, 4.69) is 10.6 Å². The fraction of sp³-hybridized carbons (Fsp3) is 0.200. The average molecular weight is 381 g/mol. The van der Waals surface area contributed by atoms with Crippen molar-refractivity contribution in [2.45, 2.75) is 26.3 Å². The minimum atomic E-state index is -0.541.